The van der Waals surface area contributed by atoms with Gasteiger partial charge in [-0.25, -0.2) is 4.39 Å². The van der Waals surface area contributed by atoms with Gasteiger partial charge in [-0.2, -0.15) is 0 Å². The summed E-state index contributed by atoms with van der Waals surface area (Å²) >= 11 is 0. The summed E-state index contributed by atoms with van der Waals surface area (Å²) in [4.78, 5) is 0. The third kappa shape index (κ3) is 1.38. The van der Waals surface area contributed by atoms with E-state index in [1.807, 2.05) is 6.92 Å². The van der Waals surface area contributed by atoms with E-state index in [-0.39, 0.29) is 18.3 Å². The van der Waals surface area contributed by atoms with Gasteiger partial charge < -0.3 is 9.84 Å². The maximum absolute atomic E-state index is 13.5. The molecular weight excluding hydrogens is 183 g/mol. The van der Waals surface area contributed by atoms with Crippen molar-refractivity contribution in [2.45, 2.75) is 19.3 Å². The Labute approximate surface area is 82.3 Å². The predicted octanol–water partition coefficient (Wildman–Crippen LogP) is 1.86. The van der Waals surface area contributed by atoms with Gasteiger partial charge in [0, 0.05) is 24.5 Å². The normalized spacial score (nSPS) is 16.2. The molecule has 0 saturated heterocycles. The Kier molecular flexibility index (Phi) is 2.42. The highest BCUT2D eigenvalue weighted by Gasteiger charge is 2.22. The van der Waals surface area contributed by atoms with E-state index in [0.717, 1.165) is 17.7 Å². The zero-order valence-corrected chi connectivity index (χ0v) is 8.09. The van der Waals surface area contributed by atoms with Crippen LogP contribution >= 0.6 is 0 Å². The van der Waals surface area contributed by atoms with Crippen LogP contribution in [0.2, 0.25) is 0 Å². The summed E-state index contributed by atoms with van der Waals surface area (Å²) in [7, 11) is 0. The summed E-state index contributed by atoms with van der Waals surface area (Å²) in [5, 5.41) is 9.04. The topological polar surface area (TPSA) is 29.5 Å². The van der Waals surface area contributed by atoms with E-state index in [0.29, 0.717) is 12.2 Å². The van der Waals surface area contributed by atoms with E-state index in [9.17, 15) is 4.39 Å². The molecular formula is C11H13FO2. The summed E-state index contributed by atoms with van der Waals surface area (Å²) in [6.07, 6.45) is 0.743. The van der Waals surface area contributed by atoms with E-state index in [4.69, 9.17) is 9.84 Å². The quantitative estimate of drug-likeness (QED) is 0.782. The average molecular weight is 196 g/mol. The molecule has 3 heteroatoms. The number of rotatable bonds is 2. The molecule has 1 aromatic carbocycles. The van der Waals surface area contributed by atoms with Gasteiger partial charge in [0.15, 0.2) is 0 Å². The first-order valence-corrected chi connectivity index (χ1v) is 4.79. The standard InChI is InChI=1S/C11H13FO2/c1-7(6-13)11-8-4-5-14-10(8)3-2-9(11)12/h2-3,7,13H,4-6H2,1H3. The van der Waals surface area contributed by atoms with Crippen molar-refractivity contribution in [3.63, 3.8) is 0 Å². The number of benzene rings is 1. The number of aliphatic hydroxyl groups is 1. The molecule has 0 aromatic heterocycles. The Morgan fingerprint density at radius 2 is 2.36 bits per heavy atom. The van der Waals surface area contributed by atoms with Gasteiger partial charge in [-0.05, 0) is 17.7 Å². The van der Waals surface area contributed by atoms with Crippen LogP contribution in [0.4, 0.5) is 4.39 Å². The molecule has 1 N–H and O–H groups in total. The minimum absolute atomic E-state index is 0.0344. The first-order valence-electron chi connectivity index (χ1n) is 4.79. The first kappa shape index (κ1) is 9.46. The minimum atomic E-state index is -0.240. The van der Waals surface area contributed by atoms with Crippen LogP contribution in [0.1, 0.15) is 24.0 Å². The Balaban J connectivity index is 2.51. The van der Waals surface area contributed by atoms with Crippen LogP contribution in [0.25, 0.3) is 0 Å². The molecule has 1 heterocycles. The van der Waals surface area contributed by atoms with Crippen LogP contribution in [0.3, 0.4) is 0 Å². The second-order valence-corrected chi connectivity index (χ2v) is 3.62. The highest BCUT2D eigenvalue weighted by atomic mass is 19.1. The number of ether oxygens (including phenoxy) is 1. The fraction of sp³-hybridized carbons (Fsp3) is 0.455. The maximum Gasteiger partial charge on any atom is 0.127 e. The first-order chi connectivity index (χ1) is 6.74. The lowest BCUT2D eigenvalue weighted by Gasteiger charge is -2.13. The van der Waals surface area contributed by atoms with Crippen molar-refractivity contribution >= 4 is 0 Å². The van der Waals surface area contributed by atoms with Crippen LogP contribution in [-0.4, -0.2) is 18.3 Å². The summed E-state index contributed by atoms with van der Waals surface area (Å²) in [5.41, 5.74) is 1.54. The molecule has 0 saturated carbocycles. The molecule has 14 heavy (non-hydrogen) atoms. The van der Waals surface area contributed by atoms with Gasteiger partial charge in [0.25, 0.3) is 0 Å². The summed E-state index contributed by atoms with van der Waals surface area (Å²) < 4.78 is 18.9. The molecule has 1 unspecified atom stereocenters. The maximum atomic E-state index is 13.5. The third-order valence-electron chi connectivity index (χ3n) is 2.64. The van der Waals surface area contributed by atoms with Crippen molar-refractivity contribution in [2.24, 2.45) is 0 Å². The fourth-order valence-electron chi connectivity index (χ4n) is 1.90. The molecule has 1 aliphatic heterocycles. The molecule has 1 aromatic rings. The van der Waals surface area contributed by atoms with Crippen molar-refractivity contribution in [3.8, 4) is 5.75 Å². The summed E-state index contributed by atoms with van der Waals surface area (Å²) in [6.45, 7) is 2.40. The fourth-order valence-corrected chi connectivity index (χ4v) is 1.90. The lowest BCUT2D eigenvalue weighted by Crippen LogP contribution is -2.05. The van der Waals surface area contributed by atoms with Crippen molar-refractivity contribution in [2.75, 3.05) is 13.2 Å². The number of fused-ring (bicyclic) bond motifs is 1. The number of aliphatic hydroxyl groups excluding tert-OH is 1. The smallest absolute Gasteiger partial charge is 0.127 e. The van der Waals surface area contributed by atoms with Crippen molar-refractivity contribution in [1.29, 1.82) is 0 Å². The molecule has 0 amide bonds. The summed E-state index contributed by atoms with van der Waals surface area (Å²) in [6, 6.07) is 3.07. The van der Waals surface area contributed by atoms with Gasteiger partial charge in [-0.1, -0.05) is 6.92 Å². The molecule has 0 radical (unpaired) electrons. The van der Waals surface area contributed by atoms with Gasteiger partial charge in [0.05, 0.1) is 6.61 Å². The Hall–Kier alpha value is -1.09. The Morgan fingerprint density at radius 1 is 1.57 bits per heavy atom. The number of hydrogen-bond donors (Lipinski definition) is 1. The zero-order chi connectivity index (χ0) is 10.1. The molecule has 2 nitrogen and oxygen atoms in total. The predicted molar refractivity (Wildman–Crippen MR) is 51.1 cm³/mol. The molecule has 1 atom stereocenters. The van der Waals surface area contributed by atoms with Crippen LogP contribution in [0.15, 0.2) is 12.1 Å². The van der Waals surface area contributed by atoms with E-state index in [1.54, 1.807) is 6.07 Å². The molecule has 0 fully saturated rings. The van der Waals surface area contributed by atoms with Gasteiger partial charge in [-0.15, -0.1) is 0 Å². The molecule has 1 aliphatic rings. The number of halogens is 1. The highest BCUT2D eigenvalue weighted by Crippen LogP contribution is 2.34. The lowest BCUT2D eigenvalue weighted by atomic mass is 9.94. The molecule has 2 rings (SSSR count). The van der Waals surface area contributed by atoms with Gasteiger partial charge >= 0.3 is 0 Å². The average Bonchev–Trinajstić information content (AvgIpc) is 2.64. The van der Waals surface area contributed by atoms with Crippen molar-refractivity contribution in [1.82, 2.24) is 0 Å². The van der Waals surface area contributed by atoms with E-state index >= 15 is 0 Å². The second kappa shape index (κ2) is 3.58. The van der Waals surface area contributed by atoms with Crippen molar-refractivity contribution < 1.29 is 14.2 Å². The van der Waals surface area contributed by atoms with Gasteiger partial charge in [0.1, 0.15) is 11.6 Å². The third-order valence-corrected chi connectivity index (χ3v) is 2.64. The molecule has 0 spiro atoms. The number of hydrogen-bond acceptors (Lipinski definition) is 2. The highest BCUT2D eigenvalue weighted by molar-refractivity contribution is 5.45. The summed E-state index contributed by atoms with van der Waals surface area (Å²) in [5.74, 6) is 0.365. The second-order valence-electron chi connectivity index (χ2n) is 3.62. The van der Waals surface area contributed by atoms with Crippen LogP contribution < -0.4 is 4.74 Å². The van der Waals surface area contributed by atoms with E-state index < -0.39 is 0 Å². The lowest BCUT2D eigenvalue weighted by molar-refractivity contribution is 0.270. The van der Waals surface area contributed by atoms with Crippen LogP contribution in [0, 0.1) is 5.82 Å². The van der Waals surface area contributed by atoms with Crippen molar-refractivity contribution in [3.05, 3.63) is 29.1 Å². The Morgan fingerprint density at radius 3 is 3.07 bits per heavy atom. The van der Waals surface area contributed by atoms with Crippen LogP contribution in [-0.2, 0) is 6.42 Å². The zero-order valence-electron chi connectivity index (χ0n) is 8.09. The SMILES string of the molecule is CC(CO)c1c(F)ccc2c1CCO2. The minimum Gasteiger partial charge on any atom is -0.493 e. The van der Waals surface area contributed by atoms with Crippen LogP contribution in [0.5, 0.6) is 5.75 Å². The van der Waals surface area contributed by atoms with Gasteiger partial charge in [-0.3, -0.25) is 0 Å². The molecule has 0 bridgehead atoms. The van der Waals surface area contributed by atoms with E-state index in [1.165, 1.54) is 6.07 Å². The van der Waals surface area contributed by atoms with E-state index in [2.05, 4.69) is 0 Å². The molecule has 76 valence electrons. The Bertz CT molecular complexity index is 349. The monoisotopic (exact) mass is 196 g/mol. The van der Waals surface area contributed by atoms with Gasteiger partial charge in [0.2, 0.25) is 0 Å². The largest absolute Gasteiger partial charge is 0.493 e. The molecule has 0 aliphatic carbocycles.